The number of nitrogens with zero attached hydrogens (tertiary/aromatic N) is 1. The van der Waals surface area contributed by atoms with Crippen molar-refractivity contribution in [2.24, 2.45) is 5.73 Å². The van der Waals surface area contributed by atoms with E-state index in [0.717, 1.165) is 50.4 Å². The molecular formula is C13H18N2O2. The summed E-state index contributed by atoms with van der Waals surface area (Å²) in [6.45, 7) is 3.34. The Labute approximate surface area is 101 Å². The number of nitrogens with two attached hydrogens (primary N) is 1. The van der Waals surface area contributed by atoms with Gasteiger partial charge in [0, 0.05) is 29.9 Å². The highest BCUT2D eigenvalue weighted by Crippen LogP contribution is 2.47. The summed E-state index contributed by atoms with van der Waals surface area (Å²) in [5, 5.41) is 9.89. The second kappa shape index (κ2) is 3.89. The van der Waals surface area contributed by atoms with Crippen LogP contribution in [-0.4, -0.2) is 31.4 Å². The minimum atomic E-state index is -0.285. The van der Waals surface area contributed by atoms with Gasteiger partial charge in [0.15, 0.2) is 0 Å². The fourth-order valence-electron chi connectivity index (χ4n) is 2.35. The molecule has 3 rings (SSSR count). The first-order valence-electron chi connectivity index (χ1n) is 6.14. The number of hydrogen-bond acceptors (Lipinski definition) is 4. The molecule has 2 aliphatic rings. The Morgan fingerprint density at radius 2 is 1.94 bits per heavy atom. The molecule has 92 valence electrons. The van der Waals surface area contributed by atoms with Crippen LogP contribution in [-0.2, 0) is 10.3 Å². The molecule has 17 heavy (non-hydrogen) atoms. The smallest absolute Gasteiger partial charge is 0.120 e. The van der Waals surface area contributed by atoms with Crippen LogP contribution in [0.1, 0.15) is 18.4 Å². The topological polar surface area (TPSA) is 58.7 Å². The van der Waals surface area contributed by atoms with Crippen LogP contribution in [0.25, 0.3) is 0 Å². The molecule has 0 spiro atoms. The first-order valence-corrected chi connectivity index (χ1v) is 6.14. The fraction of sp³-hybridized carbons (Fsp3) is 0.538. The first kappa shape index (κ1) is 10.9. The molecule has 2 fully saturated rings. The van der Waals surface area contributed by atoms with E-state index < -0.39 is 0 Å². The molecule has 0 aromatic heterocycles. The number of rotatable bonds is 2. The molecule has 1 saturated heterocycles. The summed E-state index contributed by atoms with van der Waals surface area (Å²) in [5.74, 6) is 0.321. The number of ether oxygens (including phenoxy) is 1. The van der Waals surface area contributed by atoms with E-state index in [9.17, 15) is 5.11 Å². The highest BCUT2D eigenvalue weighted by atomic mass is 16.5. The van der Waals surface area contributed by atoms with Crippen molar-refractivity contribution in [1.29, 1.82) is 0 Å². The number of benzene rings is 1. The van der Waals surface area contributed by atoms with Crippen LogP contribution in [0.3, 0.4) is 0 Å². The van der Waals surface area contributed by atoms with Gasteiger partial charge >= 0.3 is 0 Å². The van der Waals surface area contributed by atoms with Crippen LogP contribution >= 0.6 is 0 Å². The van der Waals surface area contributed by atoms with Gasteiger partial charge in [-0.3, -0.25) is 0 Å². The molecule has 1 aromatic carbocycles. The SMILES string of the molecule is NC1(c2cc(N3CCOCC3)ccc2O)CC1. The maximum atomic E-state index is 9.89. The van der Waals surface area contributed by atoms with Crippen molar-refractivity contribution in [2.75, 3.05) is 31.2 Å². The normalized spacial score (nSPS) is 22.5. The molecule has 1 saturated carbocycles. The average molecular weight is 234 g/mol. The van der Waals surface area contributed by atoms with Crippen LogP contribution in [0.4, 0.5) is 5.69 Å². The molecule has 0 radical (unpaired) electrons. The van der Waals surface area contributed by atoms with Crippen molar-refractivity contribution in [3.63, 3.8) is 0 Å². The lowest BCUT2D eigenvalue weighted by atomic mass is 10.0. The van der Waals surface area contributed by atoms with E-state index >= 15 is 0 Å². The maximum absolute atomic E-state index is 9.89. The van der Waals surface area contributed by atoms with Crippen molar-refractivity contribution >= 4 is 5.69 Å². The summed E-state index contributed by atoms with van der Waals surface area (Å²) in [7, 11) is 0. The largest absolute Gasteiger partial charge is 0.508 e. The van der Waals surface area contributed by atoms with Crippen LogP contribution in [0.15, 0.2) is 18.2 Å². The first-order chi connectivity index (χ1) is 8.19. The van der Waals surface area contributed by atoms with Crippen LogP contribution in [0.5, 0.6) is 5.75 Å². The van der Waals surface area contributed by atoms with Crippen molar-refractivity contribution in [3.05, 3.63) is 23.8 Å². The lowest BCUT2D eigenvalue weighted by Gasteiger charge is -2.29. The Morgan fingerprint density at radius 3 is 2.59 bits per heavy atom. The Morgan fingerprint density at radius 1 is 1.24 bits per heavy atom. The van der Waals surface area contributed by atoms with Gasteiger partial charge in [-0.15, -0.1) is 0 Å². The molecule has 1 heterocycles. The monoisotopic (exact) mass is 234 g/mol. The summed E-state index contributed by atoms with van der Waals surface area (Å²) in [4.78, 5) is 2.28. The molecule has 1 aliphatic heterocycles. The van der Waals surface area contributed by atoms with Gasteiger partial charge in [0.2, 0.25) is 0 Å². The van der Waals surface area contributed by atoms with Crippen molar-refractivity contribution in [1.82, 2.24) is 0 Å². The number of aromatic hydroxyl groups is 1. The van der Waals surface area contributed by atoms with Gasteiger partial charge in [-0.2, -0.15) is 0 Å². The lowest BCUT2D eigenvalue weighted by molar-refractivity contribution is 0.122. The molecule has 1 aromatic rings. The molecule has 4 nitrogen and oxygen atoms in total. The minimum absolute atomic E-state index is 0.285. The number of anilines is 1. The second-order valence-electron chi connectivity index (χ2n) is 4.96. The highest BCUT2D eigenvalue weighted by Gasteiger charge is 2.42. The molecular weight excluding hydrogens is 216 g/mol. The molecule has 0 bridgehead atoms. The molecule has 0 amide bonds. The Balaban J connectivity index is 1.90. The van der Waals surface area contributed by atoms with E-state index in [1.54, 1.807) is 6.07 Å². The van der Waals surface area contributed by atoms with Gasteiger partial charge in [-0.25, -0.2) is 0 Å². The third kappa shape index (κ3) is 1.98. The molecule has 3 N–H and O–H groups in total. The standard InChI is InChI=1S/C13H18N2O2/c14-13(3-4-13)11-9-10(1-2-12(11)16)15-5-7-17-8-6-15/h1-2,9,16H,3-8,14H2. The van der Waals surface area contributed by atoms with Gasteiger partial charge in [0.25, 0.3) is 0 Å². The van der Waals surface area contributed by atoms with E-state index in [1.165, 1.54) is 0 Å². The fourth-order valence-corrected chi connectivity index (χ4v) is 2.35. The van der Waals surface area contributed by atoms with E-state index in [0.29, 0.717) is 5.75 Å². The summed E-state index contributed by atoms with van der Waals surface area (Å²) in [6.07, 6.45) is 1.93. The van der Waals surface area contributed by atoms with Crippen molar-refractivity contribution < 1.29 is 9.84 Å². The number of morpholine rings is 1. The summed E-state index contributed by atoms with van der Waals surface area (Å²) in [5.41, 5.74) is 7.91. The third-order valence-corrected chi connectivity index (χ3v) is 3.68. The van der Waals surface area contributed by atoms with Gasteiger partial charge < -0.3 is 20.5 Å². The third-order valence-electron chi connectivity index (χ3n) is 3.68. The molecule has 1 aliphatic carbocycles. The predicted octanol–water partition coefficient (Wildman–Crippen LogP) is 1.18. The molecule has 0 atom stereocenters. The van der Waals surface area contributed by atoms with E-state index in [4.69, 9.17) is 10.5 Å². The number of phenolic OH excluding ortho intramolecular Hbond substituents is 1. The van der Waals surface area contributed by atoms with Gasteiger partial charge in [0.05, 0.1) is 13.2 Å². The number of phenols is 1. The van der Waals surface area contributed by atoms with E-state index in [-0.39, 0.29) is 5.54 Å². The van der Waals surface area contributed by atoms with Gasteiger partial charge in [-0.1, -0.05) is 0 Å². The van der Waals surface area contributed by atoms with Crippen LogP contribution < -0.4 is 10.6 Å². The van der Waals surface area contributed by atoms with Crippen molar-refractivity contribution in [2.45, 2.75) is 18.4 Å². The lowest BCUT2D eigenvalue weighted by Crippen LogP contribution is -2.36. The summed E-state index contributed by atoms with van der Waals surface area (Å²) in [6, 6.07) is 5.75. The number of hydrogen-bond donors (Lipinski definition) is 2. The Hall–Kier alpha value is -1.26. The predicted molar refractivity (Wildman–Crippen MR) is 66.2 cm³/mol. The average Bonchev–Trinajstić information content (AvgIpc) is 3.10. The van der Waals surface area contributed by atoms with Crippen LogP contribution in [0, 0.1) is 0 Å². The zero-order chi connectivity index (χ0) is 11.9. The van der Waals surface area contributed by atoms with Crippen molar-refractivity contribution in [3.8, 4) is 5.75 Å². The second-order valence-corrected chi connectivity index (χ2v) is 4.96. The molecule has 4 heteroatoms. The summed E-state index contributed by atoms with van der Waals surface area (Å²) >= 11 is 0. The molecule has 0 unspecified atom stereocenters. The summed E-state index contributed by atoms with van der Waals surface area (Å²) < 4.78 is 5.34. The van der Waals surface area contributed by atoms with Gasteiger partial charge in [-0.05, 0) is 31.0 Å². The highest BCUT2D eigenvalue weighted by molar-refractivity contribution is 5.56. The Kier molecular flexibility index (Phi) is 2.49. The van der Waals surface area contributed by atoms with E-state index in [1.807, 2.05) is 12.1 Å². The maximum Gasteiger partial charge on any atom is 0.120 e. The van der Waals surface area contributed by atoms with E-state index in [2.05, 4.69) is 4.90 Å². The zero-order valence-electron chi connectivity index (χ0n) is 9.85. The van der Waals surface area contributed by atoms with Crippen LogP contribution in [0.2, 0.25) is 0 Å². The van der Waals surface area contributed by atoms with Gasteiger partial charge in [0.1, 0.15) is 5.75 Å². The quantitative estimate of drug-likeness (QED) is 0.806. The Bertz CT molecular complexity index is 423. The zero-order valence-corrected chi connectivity index (χ0v) is 9.85. The minimum Gasteiger partial charge on any atom is -0.508 e.